The molecule has 190 valence electrons. The third-order valence-corrected chi connectivity index (χ3v) is 5.53. The minimum atomic E-state index is -1.15. The molecule has 4 rings (SSSR count). The van der Waals surface area contributed by atoms with Crippen molar-refractivity contribution in [3.63, 3.8) is 0 Å². The molecule has 7 nitrogen and oxygen atoms in total. The topological polar surface area (TPSA) is 94.5 Å². The number of nitrogens with one attached hydrogen (secondary N) is 1. The van der Waals surface area contributed by atoms with Gasteiger partial charge in [0.1, 0.15) is 6.04 Å². The Morgan fingerprint density at radius 3 is 2.53 bits per heavy atom. The quantitative estimate of drug-likeness (QED) is 0.341. The summed E-state index contributed by atoms with van der Waals surface area (Å²) in [6.45, 7) is 3.57. The molecular formula is C26H28ClF2N5O2. The molecule has 0 bridgehead atoms. The summed E-state index contributed by atoms with van der Waals surface area (Å²) in [5, 5.41) is 11.7. The van der Waals surface area contributed by atoms with Gasteiger partial charge in [-0.3, -0.25) is 9.20 Å². The van der Waals surface area contributed by atoms with Crippen LogP contribution >= 0.6 is 11.6 Å². The molecule has 3 N–H and O–H groups in total. The third-order valence-electron chi connectivity index (χ3n) is 5.33. The van der Waals surface area contributed by atoms with Crippen molar-refractivity contribution in [3.05, 3.63) is 88.8 Å². The molecule has 2 heterocycles. The molecule has 36 heavy (non-hydrogen) atoms. The van der Waals surface area contributed by atoms with Gasteiger partial charge in [0.05, 0.1) is 23.8 Å². The van der Waals surface area contributed by atoms with Crippen molar-refractivity contribution in [1.82, 2.24) is 19.9 Å². The summed E-state index contributed by atoms with van der Waals surface area (Å²) >= 11 is 6.36. The van der Waals surface area contributed by atoms with Gasteiger partial charge in [-0.25, -0.2) is 8.78 Å². The van der Waals surface area contributed by atoms with Crippen LogP contribution in [0.4, 0.5) is 8.78 Å². The number of pyridine rings is 1. The molecule has 0 aliphatic heterocycles. The average molecular weight is 516 g/mol. The van der Waals surface area contributed by atoms with E-state index in [9.17, 15) is 13.6 Å². The van der Waals surface area contributed by atoms with Gasteiger partial charge in [-0.1, -0.05) is 55.4 Å². The first-order valence-corrected chi connectivity index (χ1v) is 11.2. The second-order valence-electron chi connectivity index (χ2n) is 8.70. The van der Waals surface area contributed by atoms with Crippen molar-refractivity contribution in [2.24, 2.45) is 5.73 Å². The second-order valence-corrected chi connectivity index (χ2v) is 9.14. The number of amides is 1. The van der Waals surface area contributed by atoms with Gasteiger partial charge in [-0.15, -0.1) is 10.2 Å². The van der Waals surface area contributed by atoms with Crippen LogP contribution in [0.1, 0.15) is 38.7 Å². The predicted octanol–water partition coefficient (Wildman–Crippen LogP) is 5.08. The Morgan fingerprint density at radius 2 is 1.86 bits per heavy atom. The van der Waals surface area contributed by atoms with Gasteiger partial charge in [-0.2, -0.15) is 0 Å². The molecule has 4 aromatic rings. The Hall–Kier alpha value is -3.40. The van der Waals surface area contributed by atoms with Crippen molar-refractivity contribution in [1.29, 1.82) is 0 Å². The number of fused-ring (bicyclic) bond motifs is 1. The van der Waals surface area contributed by atoms with Crippen LogP contribution in [-0.2, 0) is 16.1 Å². The molecule has 0 aliphatic carbocycles. The number of carbonyl (C=O) groups is 1. The number of carbonyl (C=O) groups excluding carboxylic acids is 1. The van der Waals surface area contributed by atoms with E-state index < -0.39 is 29.1 Å². The second kappa shape index (κ2) is 11.1. The molecule has 1 amide bonds. The van der Waals surface area contributed by atoms with Crippen molar-refractivity contribution in [2.45, 2.75) is 39.5 Å². The van der Waals surface area contributed by atoms with E-state index in [2.05, 4.69) is 15.5 Å². The normalized spacial score (nSPS) is 12.3. The van der Waals surface area contributed by atoms with Crippen LogP contribution in [0.5, 0.6) is 0 Å². The van der Waals surface area contributed by atoms with Crippen LogP contribution in [0.3, 0.4) is 0 Å². The molecule has 1 atom stereocenters. The summed E-state index contributed by atoms with van der Waals surface area (Å²) < 4.78 is 34.9. The SMILES string of the molecule is C.CC(C)(N)C(=O)N[C@H](COCc1ccccc1)c1nnc2c(-c3ccc(F)c(F)c3)cc(Cl)cn12. The van der Waals surface area contributed by atoms with E-state index in [0.717, 1.165) is 17.7 Å². The maximum absolute atomic E-state index is 13.9. The zero-order valence-electron chi connectivity index (χ0n) is 19.1. The summed E-state index contributed by atoms with van der Waals surface area (Å²) in [5.41, 5.74) is 6.97. The Labute approximate surface area is 213 Å². The fourth-order valence-electron chi connectivity index (χ4n) is 3.48. The van der Waals surface area contributed by atoms with Crippen LogP contribution in [0, 0.1) is 11.6 Å². The predicted molar refractivity (Wildman–Crippen MR) is 135 cm³/mol. The number of ether oxygens (including phenoxy) is 1. The highest BCUT2D eigenvalue weighted by molar-refractivity contribution is 6.30. The lowest BCUT2D eigenvalue weighted by Gasteiger charge is -2.23. The van der Waals surface area contributed by atoms with Crippen LogP contribution < -0.4 is 11.1 Å². The van der Waals surface area contributed by atoms with E-state index in [1.54, 1.807) is 30.5 Å². The van der Waals surface area contributed by atoms with Crippen LogP contribution in [0.2, 0.25) is 5.02 Å². The monoisotopic (exact) mass is 515 g/mol. The van der Waals surface area contributed by atoms with E-state index in [0.29, 0.717) is 34.2 Å². The summed E-state index contributed by atoms with van der Waals surface area (Å²) in [4.78, 5) is 12.7. The lowest BCUT2D eigenvalue weighted by atomic mass is 10.1. The molecule has 0 saturated carbocycles. The maximum Gasteiger partial charge on any atom is 0.240 e. The molecule has 10 heteroatoms. The van der Waals surface area contributed by atoms with E-state index in [4.69, 9.17) is 22.1 Å². The lowest BCUT2D eigenvalue weighted by molar-refractivity contribution is -0.126. The van der Waals surface area contributed by atoms with Gasteiger partial charge in [0.15, 0.2) is 23.1 Å². The third kappa shape index (κ3) is 6.04. The molecule has 0 radical (unpaired) electrons. The number of nitrogens with zero attached hydrogens (tertiary/aromatic N) is 3. The summed E-state index contributed by atoms with van der Waals surface area (Å²) in [6, 6.07) is 14.0. The number of halogens is 3. The van der Waals surface area contributed by atoms with Gasteiger partial charge in [-0.05, 0) is 43.2 Å². The molecule has 0 unspecified atom stereocenters. The summed E-state index contributed by atoms with van der Waals surface area (Å²) in [6.07, 6.45) is 1.58. The first-order chi connectivity index (χ1) is 16.6. The zero-order chi connectivity index (χ0) is 25.2. The van der Waals surface area contributed by atoms with E-state index in [1.807, 2.05) is 30.3 Å². The fraction of sp³-hybridized carbons (Fsp3) is 0.269. The standard InChI is InChI=1S/C25H24ClF2N5O2.CH4/c1-25(2,29)24(34)30-21(14-35-13-15-6-4-3-5-7-15)23-32-31-22-18(11-17(26)12-33(22)23)16-8-9-19(27)20(28)10-16;/h3-12,21H,13-14,29H2,1-2H3,(H,30,34);1H4/t21-;/m1./s1. The number of hydrogen-bond donors (Lipinski definition) is 2. The number of hydrogen-bond acceptors (Lipinski definition) is 5. The first kappa shape index (κ1) is 27.2. The molecule has 2 aromatic heterocycles. The van der Waals surface area contributed by atoms with Gasteiger partial charge in [0.2, 0.25) is 5.91 Å². The Balaban J connectivity index is 0.00000361. The molecule has 2 aromatic carbocycles. The molecule has 0 saturated heterocycles. The largest absolute Gasteiger partial charge is 0.374 e. The van der Waals surface area contributed by atoms with Gasteiger partial charge >= 0.3 is 0 Å². The maximum atomic E-state index is 13.9. The molecule has 0 fully saturated rings. The van der Waals surface area contributed by atoms with Crippen molar-refractivity contribution in [2.75, 3.05) is 6.61 Å². The highest BCUT2D eigenvalue weighted by Crippen LogP contribution is 2.30. The Morgan fingerprint density at radius 1 is 1.14 bits per heavy atom. The van der Waals surface area contributed by atoms with Gasteiger partial charge in [0, 0.05) is 11.8 Å². The average Bonchev–Trinajstić information content (AvgIpc) is 3.23. The zero-order valence-corrected chi connectivity index (χ0v) is 19.9. The summed E-state index contributed by atoms with van der Waals surface area (Å²) in [5.74, 6) is -2.02. The summed E-state index contributed by atoms with van der Waals surface area (Å²) in [7, 11) is 0. The van der Waals surface area contributed by atoms with Crippen molar-refractivity contribution >= 4 is 23.2 Å². The number of rotatable bonds is 8. The fourth-order valence-corrected chi connectivity index (χ4v) is 3.69. The number of nitrogens with two attached hydrogens (primary N) is 1. The van der Waals surface area contributed by atoms with Crippen molar-refractivity contribution in [3.8, 4) is 11.1 Å². The highest BCUT2D eigenvalue weighted by Gasteiger charge is 2.28. The minimum absolute atomic E-state index is 0. The first-order valence-electron chi connectivity index (χ1n) is 10.8. The minimum Gasteiger partial charge on any atom is -0.374 e. The highest BCUT2D eigenvalue weighted by atomic mass is 35.5. The van der Waals surface area contributed by atoms with Crippen LogP contribution in [0.15, 0.2) is 60.8 Å². The van der Waals surface area contributed by atoms with Gasteiger partial charge < -0.3 is 15.8 Å². The molecular weight excluding hydrogens is 488 g/mol. The smallest absolute Gasteiger partial charge is 0.240 e. The van der Waals surface area contributed by atoms with Crippen molar-refractivity contribution < 1.29 is 18.3 Å². The Bertz CT molecular complexity index is 1360. The number of aromatic nitrogens is 3. The van der Waals surface area contributed by atoms with Crippen LogP contribution in [-0.4, -0.2) is 32.7 Å². The van der Waals surface area contributed by atoms with E-state index in [-0.39, 0.29) is 14.0 Å². The van der Waals surface area contributed by atoms with Crippen LogP contribution in [0.25, 0.3) is 16.8 Å². The van der Waals surface area contributed by atoms with Gasteiger partial charge in [0.25, 0.3) is 0 Å². The van der Waals surface area contributed by atoms with E-state index in [1.165, 1.54) is 6.07 Å². The Kier molecular flexibility index (Phi) is 8.39. The number of benzene rings is 2. The molecule has 0 aliphatic rings. The lowest BCUT2D eigenvalue weighted by Crippen LogP contribution is -2.50. The van der Waals surface area contributed by atoms with E-state index >= 15 is 0 Å². The molecule has 0 spiro atoms.